The van der Waals surface area contributed by atoms with Gasteiger partial charge < -0.3 is 0 Å². The van der Waals surface area contributed by atoms with E-state index in [2.05, 4.69) is 4.98 Å². The number of nitrogens with zero attached hydrogens (tertiary/aromatic N) is 3. The average molecular weight is 161 g/mol. The van der Waals surface area contributed by atoms with E-state index in [1.807, 2.05) is 6.07 Å². The van der Waals surface area contributed by atoms with Gasteiger partial charge in [-0.1, -0.05) is 0 Å². The normalized spacial score (nSPS) is 10.0. The number of nitriles is 1. The third-order valence-electron chi connectivity index (χ3n) is 1.60. The summed E-state index contributed by atoms with van der Waals surface area (Å²) in [6.07, 6.45) is 2.95. The highest BCUT2D eigenvalue weighted by atomic mass is 19.1. The van der Waals surface area contributed by atoms with E-state index in [4.69, 9.17) is 5.26 Å². The van der Waals surface area contributed by atoms with Crippen molar-refractivity contribution in [3.63, 3.8) is 0 Å². The van der Waals surface area contributed by atoms with Crippen LogP contribution in [0.1, 0.15) is 5.69 Å². The average Bonchev–Trinajstić information content (AvgIpc) is 2.49. The summed E-state index contributed by atoms with van der Waals surface area (Å²) < 4.78 is 14.4. The minimum atomic E-state index is -0.418. The van der Waals surface area contributed by atoms with Gasteiger partial charge in [-0.25, -0.2) is 9.37 Å². The Labute approximate surface area is 67.7 Å². The summed E-state index contributed by atoms with van der Waals surface area (Å²) >= 11 is 0. The number of hydrogen-bond donors (Lipinski definition) is 0. The fourth-order valence-electron chi connectivity index (χ4n) is 1.06. The van der Waals surface area contributed by atoms with E-state index < -0.39 is 5.82 Å². The molecule has 0 aliphatic carbocycles. The van der Waals surface area contributed by atoms with E-state index in [9.17, 15) is 4.39 Å². The number of pyridine rings is 1. The zero-order chi connectivity index (χ0) is 8.55. The van der Waals surface area contributed by atoms with E-state index in [-0.39, 0.29) is 5.65 Å². The largest absolute Gasteiger partial charge is 0.289 e. The monoisotopic (exact) mass is 161 g/mol. The van der Waals surface area contributed by atoms with E-state index in [1.165, 1.54) is 22.7 Å². The van der Waals surface area contributed by atoms with Gasteiger partial charge in [0.2, 0.25) is 0 Å². The van der Waals surface area contributed by atoms with Gasteiger partial charge in [-0.2, -0.15) is 5.26 Å². The summed E-state index contributed by atoms with van der Waals surface area (Å²) in [4.78, 5) is 3.75. The van der Waals surface area contributed by atoms with Crippen LogP contribution in [-0.4, -0.2) is 9.38 Å². The molecule has 0 radical (unpaired) electrons. The van der Waals surface area contributed by atoms with Gasteiger partial charge in [-0.15, -0.1) is 0 Å². The molecule has 0 bridgehead atoms. The summed E-state index contributed by atoms with van der Waals surface area (Å²) in [6, 6.07) is 4.75. The minimum absolute atomic E-state index is 0.189. The van der Waals surface area contributed by atoms with Crippen LogP contribution in [0, 0.1) is 17.1 Å². The van der Waals surface area contributed by atoms with Crippen LogP contribution in [0.5, 0.6) is 0 Å². The first kappa shape index (κ1) is 6.80. The van der Waals surface area contributed by atoms with Crippen molar-refractivity contribution in [2.24, 2.45) is 0 Å². The Bertz CT molecular complexity index is 467. The second kappa shape index (κ2) is 2.31. The highest BCUT2D eigenvalue weighted by Crippen LogP contribution is 2.08. The van der Waals surface area contributed by atoms with E-state index >= 15 is 0 Å². The molecule has 0 aliphatic rings. The van der Waals surface area contributed by atoms with Crippen molar-refractivity contribution in [1.29, 1.82) is 5.26 Å². The first-order chi connectivity index (χ1) is 5.83. The van der Waals surface area contributed by atoms with Crippen molar-refractivity contribution < 1.29 is 4.39 Å². The fourth-order valence-corrected chi connectivity index (χ4v) is 1.06. The Hall–Kier alpha value is -1.89. The molecule has 58 valence electrons. The summed E-state index contributed by atoms with van der Waals surface area (Å²) in [7, 11) is 0. The molecule has 0 aliphatic heterocycles. The first-order valence-electron chi connectivity index (χ1n) is 3.34. The van der Waals surface area contributed by atoms with Gasteiger partial charge in [0.15, 0.2) is 11.5 Å². The lowest BCUT2D eigenvalue weighted by Gasteiger charge is -1.93. The minimum Gasteiger partial charge on any atom is -0.289 e. The van der Waals surface area contributed by atoms with Crippen LogP contribution in [0.3, 0.4) is 0 Å². The van der Waals surface area contributed by atoms with Crippen LogP contribution < -0.4 is 0 Å². The maximum Gasteiger partial charge on any atom is 0.174 e. The Balaban J connectivity index is 2.91. The van der Waals surface area contributed by atoms with Gasteiger partial charge >= 0.3 is 0 Å². The maximum atomic E-state index is 12.9. The van der Waals surface area contributed by atoms with Crippen molar-refractivity contribution in [3.8, 4) is 6.07 Å². The van der Waals surface area contributed by atoms with Crippen molar-refractivity contribution in [2.45, 2.75) is 0 Å². The molecule has 12 heavy (non-hydrogen) atoms. The second-order valence-corrected chi connectivity index (χ2v) is 2.30. The molecule has 0 saturated heterocycles. The van der Waals surface area contributed by atoms with Crippen molar-refractivity contribution in [2.75, 3.05) is 0 Å². The van der Waals surface area contributed by atoms with E-state index in [0.717, 1.165) is 0 Å². The molecule has 2 heterocycles. The Morgan fingerprint density at radius 3 is 3.17 bits per heavy atom. The molecular formula is C8H4FN3. The summed E-state index contributed by atoms with van der Waals surface area (Å²) in [6.45, 7) is 0. The lowest BCUT2D eigenvalue weighted by atomic mass is 10.4. The van der Waals surface area contributed by atoms with Crippen LogP contribution in [0.25, 0.3) is 5.65 Å². The fraction of sp³-hybridized carbons (Fsp3) is 0. The van der Waals surface area contributed by atoms with E-state index in [0.29, 0.717) is 5.69 Å². The lowest BCUT2D eigenvalue weighted by Crippen LogP contribution is -1.89. The number of imidazole rings is 1. The highest BCUT2D eigenvalue weighted by Gasteiger charge is 2.04. The SMILES string of the molecule is N#Cc1cnc2c(F)cccn12. The third-order valence-corrected chi connectivity index (χ3v) is 1.60. The Morgan fingerprint density at radius 2 is 2.42 bits per heavy atom. The van der Waals surface area contributed by atoms with Crippen LogP contribution >= 0.6 is 0 Å². The van der Waals surface area contributed by atoms with Gasteiger partial charge in [0.25, 0.3) is 0 Å². The molecule has 0 atom stereocenters. The lowest BCUT2D eigenvalue weighted by molar-refractivity contribution is 0.630. The molecule has 0 saturated carbocycles. The molecule has 2 rings (SSSR count). The molecule has 4 heteroatoms. The zero-order valence-corrected chi connectivity index (χ0v) is 6.03. The smallest absolute Gasteiger partial charge is 0.174 e. The Kier molecular flexibility index (Phi) is 1.31. The van der Waals surface area contributed by atoms with Crippen LogP contribution in [0.15, 0.2) is 24.5 Å². The number of aromatic nitrogens is 2. The molecule has 0 unspecified atom stereocenters. The van der Waals surface area contributed by atoms with Crippen molar-refractivity contribution in [1.82, 2.24) is 9.38 Å². The van der Waals surface area contributed by atoms with Crippen molar-refractivity contribution in [3.05, 3.63) is 36.0 Å². The molecule has 0 fully saturated rings. The molecule has 2 aromatic rings. The molecule has 0 N–H and O–H groups in total. The van der Waals surface area contributed by atoms with Gasteiger partial charge in [0, 0.05) is 6.20 Å². The molecular weight excluding hydrogens is 157 g/mol. The number of fused-ring (bicyclic) bond motifs is 1. The highest BCUT2D eigenvalue weighted by molar-refractivity contribution is 5.44. The molecule has 2 aromatic heterocycles. The Morgan fingerprint density at radius 1 is 1.58 bits per heavy atom. The quantitative estimate of drug-likeness (QED) is 0.585. The number of rotatable bonds is 0. The molecule has 0 aromatic carbocycles. The van der Waals surface area contributed by atoms with E-state index in [1.54, 1.807) is 6.20 Å². The molecule has 0 spiro atoms. The predicted molar refractivity (Wildman–Crippen MR) is 39.9 cm³/mol. The summed E-state index contributed by atoms with van der Waals surface area (Å²) in [5, 5.41) is 8.58. The van der Waals surface area contributed by atoms with Crippen molar-refractivity contribution >= 4 is 5.65 Å². The second-order valence-electron chi connectivity index (χ2n) is 2.30. The zero-order valence-electron chi connectivity index (χ0n) is 6.03. The molecule has 3 nitrogen and oxygen atoms in total. The molecule has 0 amide bonds. The number of halogens is 1. The predicted octanol–water partition coefficient (Wildman–Crippen LogP) is 1.35. The van der Waals surface area contributed by atoms with Crippen LogP contribution in [0.2, 0.25) is 0 Å². The van der Waals surface area contributed by atoms with Gasteiger partial charge in [0.1, 0.15) is 11.8 Å². The first-order valence-corrected chi connectivity index (χ1v) is 3.34. The summed E-state index contributed by atoms with van der Waals surface area (Å²) in [5.74, 6) is -0.418. The summed E-state index contributed by atoms with van der Waals surface area (Å²) in [5.41, 5.74) is 0.526. The topological polar surface area (TPSA) is 41.1 Å². The van der Waals surface area contributed by atoms with Crippen LogP contribution in [-0.2, 0) is 0 Å². The third kappa shape index (κ3) is 0.768. The standard InChI is InChI=1S/C8H4FN3/c9-7-2-1-3-12-6(4-10)5-11-8(7)12/h1-3,5H. The van der Waals surface area contributed by atoms with Crippen LogP contribution in [0.4, 0.5) is 4.39 Å². The number of hydrogen-bond acceptors (Lipinski definition) is 2. The van der Waals surface area contributed by atoms with Gasteiger partial charge in [-0.05, 0) is 12.1 Å². The van der Waals surface area contributed by atoms with Gasteiger partial charge in [-0.3, -0.25) is 4.40 Å². The maximum absolute atomic E-state index is 12.9. The van der Waals surface area contributed by atoms with Gasteiger partial charge in [0.05, 0.1) is 6.20 Å².